The molecule has 10 heteroatoms. The minimum Gasteiger partial charge on any atom is -0.457 e. The number of nitrogens with zero attached hydrogens (tertiary/aromatic N) is 3. The molecular weight excluding hydrogens is 470 g/mol. The number of amides is 2. The number of sulfonamides is 1. The number of cyclic esters (lactones) is 1. The van der Waals surface area contributed by atoms with Gasteiger partial charge in [0, 0.05) is 42.9 Å². The Hall–Kier alpha value is -2.56. The molecule has 3 aliphatic rings. The van der Waals surface area contributed by atoms with Crippen molar-refractivity contribution < 1.29 is 27.5 Å². The molecule has 4 rings (SSSR count). The molecule has 0 unspecified atom stereocenters. The number of imide groups is 1. The van der Waals surface area contributed by atoms with Crippen LogP contribution in [0.25, 0.3) is 0 Å². The van der Waals surface area contributed by atoms with Crippen molar-refractivity contribution in [1.82, 2.24) is 9.21 Å². The Bertz CT molecular complexity index is 1150. The molecular formula is C25H33N3O6S. The highest BCUT2D eigenvalue weighted by molar-refractivity contribution is 7.89. The third-order valence-electron chi connectivity index (χ3n) is 7.10. The number of unbranched alkanes of at least 4 members (excludes halogenated alkanes) is 3. The second kappa shape index (κ2) is 10.6. The molecule has 0 N–H and O–H groups in total. The highest BCUT2D eigenvalue weighted by Crippen LogP contribution is 2.32. The zero-order valence-electron chi connectivity index (χ0n) is 20.4. The molecule has 1 fully saturated rings. The van der Waals surface area contributed by atoms with Crippen LogP contribution in [0.2, 0.25) is 0 Å². The molecule has 1 aromatic carbocycles. The minimum absolute atomic E-state index is 0.151. The van der Waals surface area contributed by atoms with Crippen LogP contribution in [0.15, 0.2) is 29.3 Å². The minimum atomic E-state index is -3.10. The van der Waals surface area contributed by atoms with Crippen molar-refractivity contribution in [1.29, 1.82) is 0 Å². The largest absolute Gasteiger partial charge is 0.457 e. The number of rotatable bonds is 10. The first-order valence-corrected chi connectivity index (χ1v) is 13.9. The third-order valence-corrected chi connectivity index (χ3v) is 8.99. The maximum Gasteiger partial charge on any atom is 0.338 e. The number of anilines is 1. The highest BCUT2D eigenvalue weighted by atomic mass is 32.2. The molecule has 3 aliphatic heterocycles. The summed E-state index contributed by atoms with van der Waals surface area (Å²) in [6.07, 6.45) is 4.39. The standard InChI is InChI=1S/C25H33N3O6S/c1-3-35(32,33)27-14-12-26(13-15-27)11-7-5-4-6-8-21-18(2)23(29)28(24(21)30)20-9-10-22-19(16-20)17-34-25(22)31/h9-10,16H,3-8,11-15,17H2,1-2H3. The van der Waals surface area contributed by atoms with Gasteiger partial charge in [0.1, 0.15) is 6.61 Å². The molecule has 35 heavy (non-hydrogen) atoms. The van der Waals surface area contributed by atoms with Crippen LogP contribution in [0.1, 0.15) is 61.9 Å². The molecule has 1 aromatic rings. The Morgan fingerprint density at radius 1 is 0.943 bits per heavy atom. The van der Waals surface area contributed by atoms with Crippen LogP contribution in [0, 0.1) is 0 Å². The van der Waals surface area contributed by atoms with Crippen molar-refractivity contribution in [3.05, 3.63) is 40.5 Å². The van der Waals surface area contributed by atoms with Gasteiger partial charge in [-0.15, -0.1) is 0 Å². The first-order chi connectivity index (χ1) is 16.7. The van der Waals surface area contributed by atoms with E-state index in [1.54, 1.807) is 36.4 Å². The van der Waals surface area contributed by atoms with Crippen LogP contribution in [0.5, 0.6) is 0 Å². The van der Waals surface area contributed by atoms with Gasteiger partial charge in [-0.3, -0.25) is 9.59 Å². The quantitative estimate of drug-likeness (QED) is 0.274. The summed E-state index contributed by atoms with van der Waals surface area (Å²) in [5, 5.41) is 0. The van der Waals surface area contributed by atoms with Gasteiger partial charge < -0.3 is 9.64 Å². The molecule has 3 heterocycles. The zero-order chi connectivity index (χ0) is 25.2. The molecule has 0 saturated carbocycles. The first kappa shape index (κ1) is 25.5. The van der Waals surface area contributed by atoms with Crippen molar-refractivity contribution in [3.63, 3.8) is 0 Å². The average Bonchev–Trinajstić information content (AvgIpc) is 3.32. The van der Waals surface area contributed by atoms with Gasteiger partial charge in [0.25, 0.3) is 11.8 Å². The summed E-state index contributed by atoms with van der Waals surface area (Å²) in [5.41, 5.74) is 2.69. The van der Waals surface area contributed by atoms with E-state index in [9.17, 15) is 22.8 Å². The van der Waals surface area contributed by atoms with Crippen molar-refractivity contribution in [2.24, 2.45) is 0 Å². The number of piperazine rings is 1. The van der Waals surface area contributed by atoms with Crippen molar-refractivity contribution in [3.8, 4) is 0 Å². The molecule has 190 valence electrons. The Labute approximate surface area is 206 Å². The molecule has 2 amide bonds. The summed E-state index contributed by atoms with van der Waals surface area (Å²) < 4.78 is 30.5. The van der Waals surface area contributed by atoms with Gasteiger partial charge in [0.15, 0.2) is 0 Å². The number of ether oxygens (including phenoxy) is 1. The summed E-state index contributed by atoms with van der Waals surface area (Å²) in [6.45, 7) is 7.13. The fourth-order valence-electron chi connectivity index (χ4n) is 4.88. The molecule has 9 nitrogen and oxygen atoms in total. The number of carbonyl (C=O) groups excluding carboxylic acids is 3. The average molecular weight is 504 g/mol. The van der Waals surface area contributed by atoms with Gasteiger partial charge in [-0.1, -0.05) is 12.8 Å². The molecule has 1 saturated heterocycles. The Kier molecular flexibility index (Phi) is 7.73. The normalized spacial score (nSPS) is 19.6. The van der Waals surface area contributed by atoms with E-state index in [-0.39, 0.29) is 30.1 Å². The van der Waals surface area contributed by atoms with Crippen LogP contribution in [-0.4, -0.2) is 73.9 Å². The smallest absolute Gasteiger partial charge is 0.338 e. The number of carbonyl (C=O) groups is 3. The molecule has 0 radical (unpaired) electrons. The summed E-state index contributed by atoms with van der Waals surface area (Å²) in [7, 11) is -3.10. The van der Waals surface area contributed by atoms with E-state index in [1.165, 1.54) is 4.90 Å². The van der Waals surface area contributed by atoms with E-state index in [1.807, 2.05) is 0 Å². The molecule has 0 atom stereocenters. The Balaban J connectivity index is 1.20. The predicted molar refractivity (Wildman–Crippen MR) is 131 cm³/mol. The lowest BCUT2D eigenvalue weighted by molar-refractivity contribution is -0.120. The second-order valence-corrected chi connectivity index (χ2v) is 11.5. The van der Waals surface area contributed by atoms with E-state index in [2.05, 4.69) is 4.90 Å². The maximum absolute atomic E-state index is 13.0. The van der Waals surface area contributed by atoms with Gasteiger partial charge >= 0.3 is 5.97 Å². The topological polar surface area (TPSA) is 104 Å². The number of hydrogen-bond donors (Lipinski definition) is 0. The van der Waals surface area contributed by atoms with E-state index >= 15 is 0 Å². The summed E-state index contributed by atoms with van der Waals surface area (Å²) in [5.74, 6) is -0.817. The monoisotopic (exact) mass is 503 g/mol. The zero-order valence-corrected chi connectivity index (χ0v) is 21.2. The lowest BCUT2D eigenvalue weighted by Crippen LogP contribution is -2.49. The summed E-state index contributed by atoms with van der Waals surface area (Å²) in [6, 6.07) is 4.91. The first-order valence-electron chi connectivity index (χ1n) is 12.3. The fourth-order valence-corrected chi connectivity index (χ4v) is 5.96. The summed E-state index contributed by atoms with van der Waals surface area (Å²) in [4.78, 5) is 41.0. The second-order valence-electron chi connectivity index (χ2n) is 9.27. The predicted octanol–water partition coefficient (Wildman–Crippen LogP) is 2.46. The fraction of sp³-hybridized carbons (Fsp3) is 0.560. The van der Waals surface area contributed by atoms with Crippen molar-refractivity contribution in [2.75, 3.05) is 43.4 Å². The van der Waals surface area contributed by atoms with E-state index in [0.717, 1.165) is 45.3 Å². The van der Waals surface area contributed by atoms with Crippen LogP contribution >= 0.6 is 0 Å². The Morgan fingerprint density at radius 2 is 1.66 bits per heavy atom. The van der Waals surface area contributed by atoms with Crippen LogP contribution in [0.4, 0.5) is 5.69 Å². The number of esters is 1. The molecule has 0 bridgehead atoms. The third kappa shape index (κ3) is 5.34. The lowest BCUT2D eigenvalue weighted by Gasteiger charge is -2.33. The highest BCUT2D eigenvalue weighted by Gasteiger charge is 2.37. The van der Waals surface area contributed by atoms with Gasteiger partial charge in [0.05, 0.1) is 17.0 Å². The number of benzene rings is 1. The van der Waals surface area contributed by atoms with E-state index in [0.29, 0.717) is 47.5 Å². The van der Waals surface area contributed by atoms with Crippen molar-refractivity contribution >= 4 is 33.5 Å². The van der Waals surface area contributed by atoms with Crippen LogP contribution in [0.3, 0.4) is 0 Å². The van der Waals surface area contributed by atoms with Crippen LogP contribution < -0.4 is 4.90 Å². The van der Waals surface area contributed by atoms with Gasteiger partial charge in [-0.05, 0) is 57.9 Å². The van der Waals surface area contributed by atoms with E-state index in [4.69, 9.17) is 4.74 Å². The maximum atomic E-state index is 13.0. The lowest BCUT2D eigenvalue weighted by atomic mass is 10.0. The Morgan fingerprint density at radius 3 is 2.37 bits per heavy atom. The number of fused-ring (bicyclic) bond motifs is 1. The van der Waals surface area contributed by atoms with Gasteiger partial charge in [0.2, 0.25) is 10.0 Å². The number of hydrogen-bond acceptors (Lipinski definition) is 7. The van der Waals surface area contributed by atoms with Crippen molar-refractivity contribution in [2.45, 2.75) is 52.6 Å². The SMILES string of the molecule is CCS(=O)(=O)N1CCN(CCCCCCC2=C(C)C(=O)N(c3ccc4c(c3)COC4=O)C2=O)CC1. The molecule has 0 aliphatic carbocycles. The molecule has 0 aromatic heterocycles. The van der Waals surface area contributed by atoms with Crippen LogP contribution in [-0.2, 0) is 31.0 Å². The summed E-state index contributed by atoms with van der Waals surface area (Å²) >= 11 is 0. The molecule has 0 spiro atoms. The van der Waals surface area contributed by atoms with Gasteiger partial charge in [-0.25, -0.2) is 18.1 Å². The van der Waals surface area contributed by atoms with E-state index < -0.39 is 10.0 Å². The van der Waals surface area contributed by atoms with Gasteiger partial charge in [-0.2, -0.15) is 4.31 Å².